The molecule has 2 atom stereocenters. The third-order valence-corrected chi connectivity index (χ3v) is 3.57. The normalized spacial score (nSPS) is 35.4. The van der Waals surface area contributed by atoms with Crippen LogP contribution in [0.3, 0.4) is 0 Å². The van der Waals surface area contributed by atoms with Crippen LogP contribution in [0.4, 0.5) is 0 Å². The number of rotatable bonds is 0. The Balaban J connectivity index is 2.08. The molecule has 13 heavy (non-hydrogen) atoms. The first-order valence-corrected chi connectivity index (χ1v) is 5.33. The summed E-state index contributed by atoms with van der Waals surface area (Å²) in [4.78, 5) is 22.5. The van der Waals surface area contributed by atoms with Crippen LogP contribution in [0.15, 0.2) is 0 Å². The van der Waals surface area contributed by atoms with Crippen molar-refractivity contribution in [3.8, 4) is 0 Å². The Morgan fingerprint density at radius 1 is 0.846 bits per heavy atom. The zero-order valence-corrected chi connectivity index (χ0v) is 7.92. The minimum Gasteiger partial charge on any atom is -0.291 e. The molecule has 2 aliphatic carbocycles. The van der Waals surface area contributed by atoms with Gasteiger partial charge in [-0.3, -0.25) is 9.59 Å². The monoisotopic (exact) mass is 180 g/mol. The molecule has 0 aliphatic heterocycles. The van der Waals surface area contributed by atoms with Gasteiger partial charge in [0, 0.05) is 12.8 Å². The molecule has 72 valence electrons. The van der Waals surface area contributed by atoms with Crippen LogP contribution in [0.1, 0.15) is 44.9 Å². The van der Waals surface area contributed by atoms with E-state index >= 15 is 0 Å². The molecule has 2 unspecified atom stereocenters. The minimum atomic E-state index is -0.116. The van der Waals surface area contributed by atoms with Crippen LogP contribution in [-0.4, -0.2) is 11.6 Å². The summed E-state index contributed by atoms with van der Waals surface area (Å²) in [7, 11) is 0. The number of carbonyl (C=O) groups excluding carboxylic acids is 2. The molecule has 2 rings (SSSR count). The molecule has 2 nitrogen and oxygen atoms in total. The third kappa shape index (κ3) is 1.82. The van der Waals surface area contributed by atoms with Crippen molar-refractivity contribution in [2.75, 3.05) is 0 Å². The number of hydrogen-bond acceptors (Lipinski definition) is 2. The molecule has 0 aromatic rings. The quantitative estimate of drug-likeness (QED) is 0.535. The van der Waals surface area contributed by atoms with E-state index in [1.54, 1.807) is 0 Å². The number of hydrogen-bond donors (Lipinski definition) is 0. The molecule has 0 aromatic carbocycles. The van der Waals surface area contributed by atoms with Gasteiger partial charge < -0.3 is 0 Å². The van der Waals surface area contributed by atoms with Gasteiger partial charge in [-0.1, -0.05) is 19.3 Å². The van der Waals surface area contributed by atoms with Crippen molar-refractivity contribution in [3.63, 3.8) is 0 Å². The first kappa shape index (κ1) is 8.92. The highest BCUT2D eigenvalue weighted by atomic mass is 16.2. The maximum absolute atomic E-state index is 11.3. The molecule has 0 N–H and O–H groups in total. The van der Waals surface area contributed by atoms with Crippen molar-refractivity contribution in [1.29, 1.82) is 0 Å². The summed E-state index contributed by atoms with van der Waals surface area (Å²) in [6.07, 6.45) is 6.99. The maximum atomic E-state index is 11.3. The number of Topliss-reactive ketones (excluding diaryl/α,β-unsaturated/α-hetero) is 2. The lowest BCUT2D eigenvalue weighted by Gasteiger charge is -2.28. The lowest BCUT2D eigenvalue weighted by atomic mass is 9.76. The summed E-state index contributed by atoms with van der Waals surface area (Å²) in [5.41, 5.74) is 0. The molecule has 2 fully saturated rings. The molecular weight excluding hydrogens is 164 g/mol. The lowest BCUT2D eigenvalue weighted by molar-refractivity contribution is -0.136. The maximum Gasteiger partial charge on any atom is 0.198 e. The Morgan fingerprint density at radius 3 is 2.31 bits per heavy atom. The second-order valence-corrected chi connectivity index (χ2v) is 4.39. The molecule has 0 saturated heterocycles. The fraction of sp³-hybridized carbons (Fsp3) is 0.818. The smallest absolute Gasteiger partial charge is 0.198 e. The summed E-state index contributed by atoms with van der Waals surface area (Å²) in [6.45, 7) is 0. The Hall–Kier alpha value is -0.660. The predicted octanol–water partition coefficient (Wildman–Crippen LogP) is 2.11. The Labute approximate surface area is 78.7 Å². The number of ketones is 2. The predicted molar refractivity (Wildman–Crippen MR) is 49.3 cm³/mol. The second kappa shape index (κ2) is 3.60. The molecule has 0 amide bonds. The van der Waals surface area contributed by atoms with E-state index in [1.165, 1.54) is 25.7 Å². The number of fused-ring (bicyclic) bond motifs is 1. The topological polar surface area (TPSA) is 34.1 Å². The molecule has 0 heterocycles. The van der Waals surface area contributed by atoms with E-state index in [2.05, 4.69) is 0 Å². The highest BCUT2D eigenvalue weighted by molar-refractivity contribution is 6.37. The van der Waals surface area contributed by atoms with Crippen molar-refractivity contribution >= 4 is 11.6 Å². The summed E-state index contributed by atoms with van der Waals surface area (Å²) in [5.74, 6) is 0.987. The van der Waals surface area contributed by atoms with Gasteiger partial charge in [0.2, 0.25) is 0 Å². The molecule has 0 bridgehead atoms. The van der Waals surface area contributed by atoms with Crippen LogP contribution >= 0.6 is 0 Å². The largest absolute Gasteiger partial charge is 0.291 e. The zero-order valence-electron chi connectivity index (χ0n) is 7.92. The van der Waals surface area contributed by atoms with Crippen molar-refractivity contribution in [1.82, 2.24) is 0 Å². The minimum absolute atomic E-state index is 0.102. The van der Waals surface area contributed by atoms with E-state index in [4.69, 9.17) is 0 Å². The summed E-state index contributed by atoms with van der Waals surface area (Å²) >= 11 is 0. The van der Waals surface area contributed by atoms with Crippen LogP contribution in [0, 0.1) is 11.8 Å². The Kier molecular flexibility index (Phi) is 2.47. The van der Waals surface area contributed by atoms with Crippen LogP contribution in [0.2, 0.25) is 0 Å². The average molecular weight is 180 g/mol. The molecule has 0 aromatic heterocycles. The first-order valence-electron chi connectivity index (χ1n) is 5.33. The second-order valence-electron chi connectivity index (χ2n) is 4.39. The van der Waals surface area contributed by atoms with Gasteiger partial charge in [0.15, 0.2) is 11.6 Å². The fourth-order valence-corrected chi connectivity index (χ4v) is 2.74. The van der Waals surface area contributed by atoms with Crippen molar-refractivity contribution in [3.05, 3.63) is 0 Å². The summed E-state index contributed by atoms with van der Waals surface area (Å²) in [5, 5.41) is 0. The van der Waals surface area contributed by atoms with Gasteiger partial charge >= 0.3 is 0 Å². The van der Waals surface area contributed by atoms with Crippen LogP contribution in [-0.2, 0) is 9.59 Å². The Bertz CT molecular complexity index is 232. The third-order valence-electron chi connectivity index (χ3n) is 3.57. The molecule has 2 heteroatoms. The molecular formula is C11H16O2. The van der Waals surface area contributed by atoms with Gasteiger partial charge in [-0.15, -0.1) is 0 Å². The van der Waals surface area contributed by atoms with Crippen molar-refractivity contribution < 1.29 is 9.59 Å². The van der Waals surface area contributed by atoms with Gasteiger partial charge in [-0.2, -0.15) is 0 Å². The summed E-state index contributed by atoms with van der Waals surface area (Å²) in [6, 6.07) is 0. The van der Waals surface area contributed by atoms with Gasteiger partial charge in [0.05, 0.1) is 0 Å². The molecule has 2 saturated carbocycles. The van der Waals surface area contributed by atoms with Crippen molar-refractivity contribution in [2.24, 2.45) is 11.8 Å². The standard InChI is InChI=1S/C11H16O2/c12-10-6-5-8-3-1-2-4-9(8)7-11(10)13/h8-9H,1-7H2. The summed E-state index contributed by atoms with van der Waals surface area (Å²) < 4.78 is 0. The van der Waals surface area contributed by atoms with E-state index in [-0.39, 0.29) is 11.6 Å². The molecule has 2 aliphatic rings. The van der Waals surface area contributed by atoms with Crippen LogP contribution in [0.5, 0.6) is 0 Å². The zero-order chi connectivity index (χ0) is 9.26. The van der Waals surface area contributed by atoms with E-state index in [0.717, 1.165) is 6.42 Å². The van der Waals surface area contributed by atoms with Gasteiger partial charge in [0.25, 0.3) is 0 Å². The SMILES string of the molecule is O=C1CCC2CCCCC2CC1=O. The van der Waals surface area contributed by atoms with Crippen LogP contribution < -0.4 is 0 Å². The Morgan fingerprint density at radius 2 is 1.54 bits per heavy atom. The highest BCUT2D eigenvalue weighted by Crippen LogP contribution is 2.37. The fourth-order valence-electron chi connectivity index (χ4n) is 2.74. The van der Waals surface area contributed by atoms with E-state index in [0.29, 0.717) is 24.7 Å². The highest BCUT2D eigenvalue weighted by Gasteiger charge is 2.32. The van der Waals surface area contributed by atoms with Crippen molar-refractivity contribution in [2.45, 2.75) is 44.9 Å². The van der Waals surface area contributed by atoms with Crippen LogP contribution in [0.25, 0.3) is 0 Å². The van der Waals surface area contributed by atoms with Gasteiger partial charge in [-0.05, 0) is 24.7 Å². The average Bonchev–Trinajstić information content (AvgIpc) is 2.28. The lowest BCUT2D eigenvalue weighted by Crippen LogP contribution is -2.20. The molecule has 0 radical (unpaired) electrons. The van der Waals surface area contributed by atoms with Gasteiger partial charge in [-0.25, -0.2) is 0 Å². The van der Waals surface area contributed by atoms with E-state index in [1.807, 2.05) is 0 Å². The van der Waals surface area contributed by atoms with Gasteiger partial charge in [0.1, 0.15) is 0 Å². The van der Waals surface area contributed by atoms with E-state index in [9.17, 15) is 9.59 Å². The first-order chi connectivity index (χ1) is 6.27. The number of carbonyl (C=O) groups is 2. The van der Waals surface area contributed by atoms with E-state index < -0.39 is 0 Å². The molecule has 0 spiro atoms.